The van der Waals surface area contributed by atoms with Crippen LogP contribution < -0.4 is 5.73 Å². The maximum Gasteiger partial charge on any atom is 0.175 e. The molecule has 0 aliphatic rings. The molecule has 19 heavy (non-hydrogen) atoms. The molecule has 0 aromatic heterocycles. The van der Waals surface area contributed by atoms with Crippen molar-refractivity contribution in [1.82, 2.24) is 0 Å². The molecule has 0 atom stereocenters. The number of benzene rings is 2. The van der Waals surface area contributed by atoms with E-state index in [0.29, 0.717) is 0 Å². The van der Waals surface area contributed by atoms with E-state index in [0.717, 1.165) is 18.4 Å². The van der Waals surface area contributed by atoms with E-state index in [1.165, 1.54) is 24.3 Å². The Morgan fingerprint density at radius 2 is 1.47 bits per heavy atom. The van der Waals surface area contributed by atoms with Gasteiger partial charge in [0.1, 0.15) is 11.6 Å². The Hall–Kier alpha value is -1.95. The fourth-order valence-electron chi connectivity index (χ4n) is 1.74. The lowest BCUT2D eigenvalue weighted by molar-refractivity contribution is 0.591. The lowest BCUT2D eigenvalue weighted by Crippen LogP contribution is -1.98. The highest BCUT2D eigenvalue weighted by Crippen LogP contribution is 2.28. The van der Waals surface area contributed by atoms with E-state index < -0.39 is 21.5 Å². The molecule has 0 bridgehead atoms. The lowest BCUT2D eigenvalue weighted by Gasteiger charge is -2.07. The topological polar surface area (TPSA) is 60.2 Å². The van der Waals surface area contributed by atoms with Gasteiger partial charge in [-0.3, -0.25) is 0 Å². The highest BCUT2D eigenvalue weighted by molar-refractivity contribution is 7.90. The summed E-state index contributed by atoms with van der Waals surface area (Å²) >= 11 is 0. The Bertz CT molecular complexity index is 702. The van der Waals surface area contributed by atoms with Gasteiger partial charge in [-0.1, -0.05) is 12.1 Å². The van der Waals surface area contributed by atoms with Crippen LogP contribution in [0.5, 0.6) is 0 Å². The summed E-state index contributed by atoms with van der Waals surface area (Å²) in [5.41, 5.74) is 5.35. The molecule has 2 N–H and O–H groups in total. The molecule has 0 saturated heterocycles. The molecule has 0 aliphatic carbocycles. The maximum atomic E-state index is 13.7. The molecule has 0 radical (unpaired) electrons. The standard InChI is InChI=1S/C13H11F2NO2S/c1-19(17,18)10-4-2-8(3-5-10)13-11(14)6-9(16)7-12(13)15/h2-7H,16H2,1H3. The van der Waals surface area contributed by atoms with Crippen LogP contribution in [-0.2, 0) is 9.84 Å². The third-order valence-electron chi connectivity index (χ3n) is 2.64. The SMILES string of the molecule is CS(=O)(=O)c1ccc(-c2c(F)cc(N)cc2F)cc1. The number of sulfone groups is 1. The maximum absolute atomic E-state index is 13.7. The zero-order valence-electron chi connectivity index (χ0n) is 10.0. The van der Waals surface area contributed by atoms with Crippen molar-refractivity contribution in [2.45, 2.75) is 4.90 Å². The van der Waals surface area contributed by atoms with E-state index >= 15 is 0 Å². The van der Waals surface area contributed by atoms with Gasteiger partial charge in [0.25, 0.3) is 0 Å². The molecule has 100 valence electrons. The van der Waals surface area contributed by atoms with E-state index in [1.54, 1.807) is 0 Å². The molecule has 6 heteroatoms. The molecule has 0 unspecified atom stereocenters. The second-order valence-corrected chi connectivity index (χ2v) is 6.17. The second kappa shape index (κ2) is 4.62. The van der Waals surface area contributed by atoms with Crippen molar-refractivity contribution >= 4 is 15.5 Å². The highest BCUT2D eigenvalue weighted by Gasteiger charge is 2.14. The van der Waals surface area contributed by atoms with Crippen LogP contribution in [0.1, 0.15) is 0 Å². The molecule has 0 spiro atoms. The average Bonchev–Trinajstić information content (AvgIpc) is 2.27. The van der Waals surface area contributed by atoms with Crippen LogP contribution in [0.15, 0.2) is 41.3 Å². The first-order valence-corrected chi connectivity index (χ1v) is 7.23. The predicted molar refractivity (Wildman–Crippen MR) is 69.3 cm³/mol. The number of halogens is 2. The summed E-state index contributed by atoms with van der Waals surface area (Å²) in [5, 5.41) is 0. The van der Waals surface area contributed by atoms with Crippen LogP contribution >= 0.6 is 0 Å². The average molecular weight is 283 g/mol. The van der Waals surface area contributed by atoms with Crippen molar-refractivity contribution in [2.24, 2.45) is 0 Å². The summed E-state index contributed by atoms with van der Waals surface area (Å²) in [4.78, 5) is 0.0903. The normalized spacial score (nSPS) is 11.5. The van der Waals surface area contributed by atoms with Gasteiger partial charge in [-0.25, -0.2) is 17.2 Å². The number of hydrogen-bond acceptors (Lipinski definition) is 3. The molecule has 0 heterocycles. The number of rotatable bonds is 2. The van der Waals surface area contributed by atoms with Crippen molar-refractivity contribution in [1.29, 1.82) is 0 Å². The zero-order valence-corrected chi connectivity index (χ0v) is 10.8. The van der Waals surface area contributed by atoms with Gasteiger partial charge < -0.3 is 5.73 Å². The summed E-state index contributed by atoms with van der Waals surface area (Å²) in [5.74, 6) is -1.57. The smallest absolute Gasteiger partial charge is 0.175 e. The van der Waals surface area contributed by atoms with Gasteiger partial charge in [0.15, 0.2) is 9.84 Å². The minimum Gasteiger partial charge on any atom is -0.399 e. The van der Waals surface area contributed by atoms with Gasteiger partial charge >= 0.3 is 0 Å². The van der Waals surface area contributed by atoms with Crippen molar-refractivity contribution in [2.75, 3.05) is 12.0 Å². The van der Waals surface area contributed by atoms with Crippen LogP contribution in [0, 0.1) is 11.6 Å². The van der Waals surface area contributed by atoms with E-state index in [2.05, 4.69) is 0 Å². The Balaban J connectivity index is 2.55. The molecular formula is C13H11F2NO2S. The van der Waals surface area contributed by atoms with Crippen molar-refractivity contribution in [3.05, 3.63) is 48.0 Å². The Kier molecular flexibility index (Phi) is 3.28. The first kappa shape index (κ1) is 13.5. The van der Waals surface area contributed by atoms with Crippen molar-refractivity contribution < 1.29 is 17.2 Å². The van der Waals surface area contributed by atoms with Crippen LogP contribution in [0.2, 0.25) is 0 Å². The molecule has 0 aliphatic heterocycles. The minimum absolute atomic E-state index is 0.00786. The third-order valence-corrected chi connectivity index (χ3v) is 3.76. The summed E-state index contributed by atoms with van der Waals surface area (Å²) < 4.78 is 50.0. The number of hydrogen-bond donors (Lipinski definition) is 1. The molecule has 0 saturated carbocycles. The first-order valence-electron chi connectivity index (χ1n) is 5.34. The van der Waals surface area contributed by atoms with Gasteiger partial charge in [0, 0.05) is 11.9 Å². The second-order valence-electron chi connectivity index (χ2n) is 4.16. The monoisotopic (exact) mass is 283 g/mol. The quantitative estimate of drug-likeness (QED) is 0.862. The van der Waals surface area contributed by atoms with Crippen LogP contribution in [-0.4, -0.2) is 14.7 Å². The fraction of sp³-hybridized carbons (Fsp3) is 0.0769. The molecule has 3 nitrogen and oxygen atoms in total. The predicted octanol–water partition coefficient (Wildman–Crippen LogP) is 2.62. The summed E-state index contributed by atoms with van der Waals surface area (Å²) in [6.07, 6.45) is 1.06. The largest absolute Gasteiger partial charge is 0.399 e. The summed E-state index contributed by atoms with van der Waals surface area (Å²) in [6.45, 7) is 0. The van der Waals surface area contributed by atoms with Crippen molar-refractivity contribution in [3.63, 3.8) is 0 Å². The van der Waals surface area contributed by atoms with Gasteiger partial charge in [-0.2, -0.15) is 0 Å². The minimum atomic E-state index is -3.34. The molecule has 2 rings (SSSR count). The van der Waals surface area contributed by atoms with E-state index in [4.69, 9.17) is 5.73 Å². The molecule has 0 fully saturated rings. The molecule has 2 aromatic carbocycles. The number of nitrogen functional groups attached to an aromatic ring is 1. The van der Waals surface area contributed by atoms with E-state index in [9.17, 15) is 17.2 Å². The van der Waals surface area contributed by atoms with Crippen LogP contribution in [0.25, 0.3) is 11.1 Å². The van der Waals surface area contributed by atoms with E-state index in [1.807, 2.05) is 0 Å². The Morgan fingerprint density at radius 1 is 1.00 bits per heavy atom. The Morgan fingerprint density at radius 3 is 1.89 bits per heavy atom. The van der Waals surface area contributed by atoms with Crippen LogP contribution in [0.4, 0.5) is 14.5 Å². The molecular weight excluding hydrogens is 272 g/mol. The Labute approximate surface area is 109 Å². The molecule has 2 aromatic rings. The van der Waals surface area contributed by atoms with E-state index in [-0.39, 0.29) is 21.7 Å². The van der Waals surface area contributed by atoms with Crippen molar-refractivity contribution in [3.8, 4) is 11.1 Å². The first-order chi connectivity index (χ1) is 8.79. The van der Waals surface area contributed by atoms with Gasteiger partial charge in [-0.05, 0) is 29.8 Å². The molecule has 0 amide bonds. The van der Waals surface area contributed by atoms with Gasteiger partial charge in [-0.15, -0.1) is 0 Å². The summed E-state index contributed by atoms with van der Waals surface area (Å²) in [6, 6.07) is 7.35. The van der Waals surface area contributed by atoms with Gasteiger partial charge in [0.2, 0.25) is 0 Å². The van der Waals surface area contributed by atoms with Crippen LogP contribution in [0.3, 0.4) is 0 Å². The zero-order chi connectivity index (χ0) is 14.2. The van der Waals surface area contributed by atoms with Gasteiger partial charge in [0.05, 0.1) is 10.5 Å². The number of nitrogens with two attached hydrogens (primary N) is 1. The number of anilines is 1. The third kappa shape index (κ3) is 2.73. The summed E-state index contributed by atoms with van der Waals surface area (Å²) in [7, 11) is -3.34. The lowest BCUT2D eigenvalue weighted by atomic mass is 10.0. The highest BCUT2D eigenvalue weighted by atomic mass is 32.2. The fourth-order valence-corrected chi connectivity index (χ4v) is 2.37.